The number of aromatic nitrogens is 1. The average Bonchev–Trinajstić information content (AvgIpc) is 3.24. The van der Waals surface area contributed by atoms with E-state index in [-0.39, 0.29) is 5.91 Å². The second-order valence-electron chi connectivity index (χ2n) is 7.56. The molecular formula is C25H27N3O3. The summed E-state index contributed by atoms with van der Waals surface area (Å²) < 4.78 is 11.4. The molecule has 1 fully saturated rings. The van der Waals surface area contributed by atoms with Gasteiger partial charge in [0.1, 0.15) is 6.61 Å². The van der Waals surface area contributed by atoms with E-state index in [1.165, 1.54) is 0 Å². The van der Waals surface area contributed by atoms with Gasteiger partial charge in [0.2, 0.25) is 5.91 Å². The highest BCUT2D eigenvalue weighted by atomic mass is 16.5. The number of carbonyl (C=O) groups is 1. The molecule has 2 aromatic carbocycles. The molecule has 0 spiro atoms. The summed E-state index contributed by atoms with van der Waals surface area (Å²) in [7, 11) is 1.64. The minimum Gasteiger partial charge on any atom is -0.493 e. The largest absolute Gasteiger partial charge is 0.493 e. The van der Waals surface area contributed by atoms with E-state index in [4.69, 9.17) is 9.47 Å². The van der Waals surface area contributed by atoms with Crippen LogP contribution in [-0.2, 0) is 24.5 Å². The quantitative estimate of drug-likeness (QED) is 0.568. The van der Waals surface area contributed by atoms with Crippen molar-refractivity contribution >= 4 is 11.6 Å². The van der Waals surface area contributed by atoms with Crippen molar-refractivity contribution in [2.24, 2.45) is 0 Å². The molecule has 0 aliphatic carbocycles. The zero-order valence-electron chi connectivity index (χ0n) is 17.7. The van der Waals surface area contributed by atoms with E-state index in [0.29, 0.717) is 37.6 Å². The molecule has 160 valence electrons. The maximum atomic E-state index is 12.0. The van der Waals surface area contributed by atoms with Crippen LogP contribution in [-0.4, -0.2) is 24.5 Å². The smallest absolute Gasteiger partial charge is 0.227 e. The number of carbonyl (C=O) groups excluding carboxylic acids is 1. The van der Waals surface area contributed by atoms with Crippen LogP contribution in [0.25, 0.3) is 0 Å². The van der Waals surface area contributed by atoms with Gasteiger partial charge in [0, 0.05) is 49.7 Å². The van der Waals surface area contributed by atoms with Crippen LogP contribution in [0.5, 0.6) is 11.5 Å². The van der Waals surface area contributed by atoms with E-state index in [0.717, 1.165) is 35.3 Å². The molecule has 1 N–H and O–H groups in total. The fourth-order valence-electron chi connectivity index (χ4n) is 3.70. The fraction of sp³-hybridized carbons (Fsp3) is 0.280. The molecule has 0 saturated carbocycles. The van der Waals surface area contributed by atoms with Gasteiger partial charge < -0.3 is 19.7 Å². The molecular weight excluding hydrogens is 390 g/mol. The topological polar surface area (TPSA) is 63.7 Å². The third kappa shape index (κ3) is 5.41. The van der Waals surface area contributed by atoms with Crippen molar-refractivity contribution < 1.29 is 14.3 Å². The molecule has 6 nitrogen and oxygen atoms in total. The standard InChI is InChI=1S/C25H27N3O3/c1-30-23-10-9-20(14-24(23)31-18-21-6-3-11-26-17-21)16-27-15-19-5-2-7-22(13-19)28-12-4-8-25(28)29/h2-3,5-7,9-11,13-14,17,27H,4,8,12,15-16,18H2,1H3. The maximum absolute atomic E-state index is 12.0. The van der Waals surface area contributed by atoms with Gasteiger partial charge in [-0.3, -0.25) is 9.78 Å². The lowest BCUT2D eigenvalue weighted by atomic mass is 10.1. The predicted octanol–water partition coefficient (Wildman–Crippen LogP) is 4.09. The van der Waals surface area contributed by atoms with E-state index in [1.807, 2.05) is 47.4 Å². The number of hydrogen-bond acceptors (Lipinski definition) is 5. The van der Waals surface area contributed by atoms with E-state index >= 15 is 0 Å². The molecule has 0 bridgehead atoms. The number of pyridine rings is 1. The number of nitrogens with zero attached hydrogens (tertiary/aromatic N) is 2. The van der Waals surface area contributed by atoms with Crippen molar-refractivity contribution in [3.8, 4) is 11.5 Å². The first kappa shape index (κ1) is 20.9. The van der Waals surface area contributed by atoms with Gasteiger partial charge in [0.15, 0.2) is 11.5 Å². The van der Waals surface area contributed by atoms with Gasteiger partial charge in [0.25, 0.3) is 0 Å². The van der Waals surface area contributed by atoms with Crippen molar-refractivity contribution in [1.29, 1.82) is 0 Å². The molecule has 31 heavy (non-hydrogen) atoms. The Morgan fingerprint density at radius 2 is 1.84 bits per heavy atom. The van der Waals surface area contributed by atoms with Crippen molar-refractivity contribution in [3.63, 3.8) is 0 Å². The van der Waals surface area contributed by atoms with Crippen molar-refractivity contribution in [2.75, 3.05) is 18.6 Å². The lowest BCUT2D eigenvalue weighted by Gasteiger charge is -2.17. The molecule has 1 amide bonds. The monoisotopic (exact) mass is 417 g/mol. The highest BCUT2D eigenvalue weighted by Gasteiger charge is 2.21. The van der Waals surface area contributed by atoms with Crippen LogP contribution in [0.2, 0.25) is 0 Å². The summed E-state index contributed by atoms with van der Waals surface area (Å²) in [5.41, 5.74) is 4.24. The number of hydrogen-bond donors (Lipinski definition) is 1. The van der Waals surface area contributed by atoms with Gasteiger partial charge in [-0.05, 0) is 47.9 Å². The molecule has 0 radical (unpaired) electrons. The number of nitrogens with one attached hydrogen (secondary N) is 1. The van der Waals surface area contributed by atoms with Gasteiger partial charge >= 0.3 is 0 Å². The van der Waals surface area contributed by atoms with E-state index in [9.17, 15) is 4.79 Å². The molecule has 4 rings (SSSR count). The number of anilines is 1. The minimum absolute atomic E-state index is 0.210. The first-order valence-corrected chi connectivity index (χ1v) is 10.5. The Hall–Kier alpha value is -3.38. The fourth-order valence-corrected chi connectivity index (χ4v) is 3.70. The number of methoxy groups -OCH3 is 1. The summed E-state index contributed by atoms with van der Waals surface area (Å²) in [4.78, 5) is 18.0. The van der Waals surface area contributed by atoms with Crippen LogP contribution >= 0.6 is 0 Å². The van der Waals surface area contributed by atoms with Gasteiger partial charge in [0.05, 0.1) is 7.11 Å². The second kappa shape index (κ2) is 10.1. The first-order valence-electron chi connectivity index (χ1n) is 10.5. The highest BCUT2D eigenvalue weighted by molar-refractivity contribution is 5.95. The Labute approximate surface area is 182 Å². The molecule has 2 heterocycles. The lowest BCUT2D eigenvalue weighted by Crippen LogP contribution is -2.23. The van der Waals surface area contributed by atoms with Crippen molar-refractivity contribution in [2.45, 2.75) is 32.5 Å². The number of benzene rings is 2. The Bertz CT molecular complexity index is 1020. The van der Waals surface area contributed by atoms with Crippen LogP contribution in [0.1, 0.15) is 29.5 Å². The van der Waals surface area contributed by atoms with Crippen LogP contribution < -0.4 is 19.7 Å². The van der Waals surface area contributed by atoms with Crippen LogP contribution in [0.3, 0.4) is 0 Å². The molecule has 0 atom stereocenters. The third-order valence-corrected chi connectivity index (χ3v) is 5.30. The third-order valence-electron chi connectivity index (χ3n) is 5.30. The number of rotatable bonds is 9. The SMILES string of the molecule is COc1ccc(CNCc2cccc(N3CCCC3=O)c2)cc1OCc1cccnc1. The van der Waals surface area contributed by atoms with Gasteiger partial charge in [-0.2, -0.15) is 0 Å². The van der Waals surface area contributed by atoms with Crippen LogP contribution in [0, 0.1) is 0 Å². The summed E-state index contributed by atoms with van der Waals surface area (Å²) in [6.07, 6.45) is 5.12. The maximum Gasteiger partial charge on any atom is 0.227 e. The van der Waals surface area contributed by atoms with Crippen molar-refractivity contribution in [3.05, 3.63) is 83.7 Å². The van der Waals surface area contributed by atoms with E-state index in [1.54, 1.807) is 19.5 Å². The zero-order valence-corrected chi connectivity index (χ0v) is 17.7. The van der Waals surface area contributed by atoms with Crippen LogP contribution in [0.15, 0.2) is 67.0 Å². The summed E-state index contributed by atoms with van der Waals surface area (Å²) in [6.45, 7) is 2.65. The lowest BCUT2D eigenvalue weighted by molar-refractivity contribution is -0.117. The summed E-state index contributed by atoms with van der Waals surface area (Å²) in [5.74, 6) is 1.62. The zero-order chi connectivity index (χ0) is 21.5. The number of amides is 1. The molecule has 6 heteroatoms. The predicted molar refractivity (Wildman–Crippen MR) is 120 cm³/mol. The van der Waals surface area contributed by atoms with Crippen molar-refractivity contribution in [1.82, 2.24) is 10.3 Å². The molecule has 1 aromatic heterocycles. The molecule has 3 aromatic rings. The highest BCUT2D eigenvalue weighted by Crippen LogP contribution is 2.29. The number of ether oxygens (including phenoxy) is 2. The van der Waals surface area contributed by atoms with E-state index in [2.05, 4.69) is 22.4 Å². The summed E-state index contributed by atoms with van der Waals surface area (Å²) in [5, 5.41) is 3.48. The van der Waals surface area contributed by atoms with E-state index < -0.39 is 0 Å². The molecule has 1 aliphatic rings. The Morgan fingerprint density at radius 1 is 1.00 bits per heavy atom. The molecule has 1 aliphatic heterocycles. The Balaban J connectivity index is 1.36. The Kier molecular flexibility index (Phi) is 6.79. The first-order chi connectivity index (χ1) is 15.2. The normalized spacial score (nSPS) is 13.5. The van der Waals surface area contributed by atoms with Crippen LogP contribution in [0.4, 0.5) is 5.69 Å². The Morgan fingerprint density at radius 3 is 2.58 bits per heavy atom. The minimum atomic E-state index is 0.210. The van der Waals surface area contributed by atoms with Gasteiger partial charge in [-0.15, -0.1) is 0 Å². The summed E-state index contributed by atoms with van der Waals surface area (Å²) >= 11 is 0. The average molecular weight is 418 g/mol. The molecule has 0 unspecified atom stereocenters. The summed E-state index contributed by atoms with van der Waals surface area (Å²) in [6, 6.07) is 18.0. The van der Waals surface area contributed by atoms with Gasteiger partial charge in [-0.1, -0.05) is 24.3 Å². The molecule has 1 saturated heterocycles. The van der Waals surface area contributed by atoms with Gasteiger partial charge in [-0.25, -0.2) is 0 Å². The second-order valence-corrected chi connectivity index (χ2v) is 7.56.